The van der Waals surface area contributed by atoms with Crippen LogP contribution in [0.2, 0.25) is 0 Å². The molecule has 0 atom stereocenters. The van der Waals surface area contributed by atoms with E-state index in [0.29, 0.717) is 6.54 Å². The number of aromatic nitrogens is 4. The topological polar surface area (TPSA) is 55.6 Å². The van der Waals surface area contributed by atoms with Crippen molar-refractivity contribution in [2.45, 2.75) is 13.5 Å². The van der Waals surface area contributed by atoms with Crippen molar-refractivity contribution >= 4 is 16.6 Å². The van der Waals surface area contributed by atoms with E-state index in [1.165, 1.54) is 5.56 Å². The molecule has 2 aromatic heterocycles. The molecule has 5 heteroatoms. The predicted molar refractivity (Wildman–Crippen MR) is 74.8 cm³/mol. The number of anilines is 1. The third kappa shape index (κ3) is 2.14. The summed E-state index contributed by atoms with van der Waals surface area (Å²) in [4.78, 5) is 8.63. The zero-order valence-electron chi connectivity index (χ0n) is 11.0. The molecule has 0 amide bonds. The molecular formula is C14H15N5. The summed E-state index contributed by atoms with van der Waals surface area (Å²) in [5, 5.41) is 8.58. The SMILES string of the molecule is Cc1cccc2c(NCc3ncnn3C)ccnc12. The number of rotatable bonds is 3. The van der Waals surface area contributed by atoms with Crippen LogP contribution in [0.4, 0.5) is 5.69 Å². The fraction of sp³-hybridized carbons (Fsp3) is 0.214. The van der Waals surface area contributed by atoms with E-state index in [4.69, 9.17) is 0 Å². The molecule has 2 heterocycles. The highest BCUT2D eigenvalue weighted by atomic mass is 15.3. The van der Waals surface area contributed by atoms with Gasteiger partial charge in [0.25, 0.3) is 0 Å². The second-order valence-electron chi connectivity index (χ2n) is 4.48. The molecule has 19 heavy (non-hydrogen) atoms. The average molecular weight is 253 g/mol. The molecule has 5 nitrogen and oxygen atoms in total. The minimum absolute atomic E-state index is 0.642. The number of nitrogens with zero attached hydrogens (tertiary/aromatic N) is 4. The highest BCUT2D eigenvalue weighted by Crippen LogP contribution is 2.23. The predicted octanol–water partition coefficient (Wildman–Crippen LogP) is 2.28. The Morgan fingerprint density at radius 3 is 2.89 bits per heavy atom. The molecule has 0 spiro atoms. The molecule has 1 N–H and O–H groups in total. The molecule has 0 saturated heterocycles. The van der Waals surface area contributed by atoms with Crippen LogP contribution in [0.15, 0.2) is 36.8 Å². The van der Waals surface area contributed by atoms with Crippen LogP contribution in [-0.4, -0.2) is 19.7 Å². The van der Waals surface area contributed by atoms with E-state index in [9.17, 15) is 0 Å². The molecule has 0 fully saturated rings. The van der Waals surface area contributed by atoms with Gasteiger partial charge < -0.3 is 5.32 Å². The van der Waals surface area contributed by atoms with Gasteiger partial charge in [0.1, 0.15) is 12.2 Å². The molecule has 0 aliphatic rings. The summed E-state index contributed by atoms with van der Waals surface area (Å²) in [6.45, 7) is 2.71. The Hall–Kier alpha value is -2.43. The number of pyridine rings is 1. The maximum Gasteiger partial charge on any atom is 0.145 e. The van der Waals surface area contributed by atoms with E-state index in [1.807, 2.05) is 25.4 Å². The third-order valence-electron chi connectivity index (χ3n) is 3.21. The summed E-state index contributed by atoms with van der Waals surface area (Å²) in [5.74, 6) is 0.901. The van der Waals surface area contributed by atoms with Crippen molar-refractivity contribution in [3.63, 3.8) is 0 Å². The minimum Gasteiger partial charge on any atom is -0.377 e. The first-order valence-corrected chi connectivity index (χ1v) is 6.17. The summed E-state index contributed by atoms with van der Waals surface area (Å²) in [6.07, 6.45) is 3.39. The van der Waals surface area contributed by atoms with Gasteiger partial charge in [-0.15, -0.1) is 0 Å². The lowest BCUT2D eigenvalue weighted by molar-refractivity contribution is 0.712. The van der Waals surface area contributed by atoms with E-state index >= 15 is 0 Å². The number of benzene rings is 1. The van der Waals surface area contributed by atoms with Gasteiger partial charge in [-0.3, -0.25) is 9.67 Å². The smallest absolute Gasteiger partial charge is 0.145 e. The first kappa shape index (κ1) is 11.6. The fourth-order valence-electron chi connectivity index (χ4n) is 2.13. The lowest BCUT2D eigenvalue weighted by Crippen LogP contribution is -2.07. The van der Waals surface area contributed by atoms with Crippen LogP contribution in [0, 0.1) is 6.92 Å². The maximum absolute atomic E-state index is 4.43. The van der Waals surface area contributed by atoms with Crippen molar-refractivity contribution in [1.82, 2.24) is 19.7 Å². The van der Waals surface area contributed by atoms with Gasteiger partial charge in [0, 0.05) is 24.3 Å². The zero-order valence-corrected chi connectivity index (χ0v) is 11.0. The van der Waals surface area contributed by atoms with Gasteiger partial charge in [0.2, 0.25) is 0 Å². The van der Waals surface area contributed by atoms with E-state index in [2.05, 4.69) is 39.4 Å². The molecule has 0 aliphatic carbocycles. The second kappa shape index (κ2) is 4.68. The zero-order chi connectivity index (χ0) is 13.2. The first-order chi connectivity index (χ1) is 9.25. The van der Waals surface area contributed by atoms with Crippen molar-refractivity contribution in [2.75, 3.05) is 5.32 Å². The van der Waals surface area contributed by atoms with Crippen LogP contribution in [0.5, 0.6) is 0 Å². The normalized spacial score (nSPS) is 10.8. The number of nitrogens with one attached hydrogen (secondary N) is 1. The summed E-state index contributed by atoms with van der Waals surface area (Å²) in [5.41, 5.74) is 3.28. The summed E-state index contributed by atoms with van der Waals surface area (Å²) in [7, 11) is 1.89. The Morgan fingerprint density at radius 1 is 1.21 bits per heavy atom. The van der Waals surface area contributed by atoms with Crippen molar-refractivity contribution < 1.29 is 0 Å². The van der Waals surface area contributed by atoms with Crippen molar-refractivity contribution in [2.24, 2.45) is 7.05 Å². The van der Waals surface area contributed by atoms with Crippen molar-refractivity contribution in [1.29, 1.82) is 0 Å². The summed E-state index contributed by atoms with van der Waals surface area (Å²) < 4.78 is 1.77. The highest BCUT2D eigenvalue weighted by molar-refractivity contribution is 5.92. The maximum atomic E-state index is 4.43. The molecule has 0 aliphatic heterocycles. The summed E-state index contributed by atoms with van der Waals surface area (Å²) >= 11 is 0. The van der Waals surface area contributed by atoms with E-state index in [0.717, 1.165) is 22.4 Å². The van der Waals surface area contributed by atoms with Crippen LogP contribution < -0.4 is 5.32 Å². The Balaban J connectivity index is 1.93. The second-order valence-corrected chi connectivity index (χ2v) is 4.48. The first-order valence-electron chi connectivity index (χ1n) is 6.17. The molecule has 3 rings (SSSR count). The lowest BCUT2D eigenvalue weighted by atomic mass is 10.1. The van der Waals surface area contributed by atoms with E-state index in [-0.39, 0.29) is 0 Å². The molecule has 96 valence electrons. The monoisotopic (exact) mass is 253 g/mol. The van der Waals surface area contributed by atoms with Gasteiger partial charge >= 0.3 is 0 Å². The molecule has 0 radical (unpaired) electrons. The van der Waals surface area contributed by atoms with Crippen LogP contribution in [0.1, 0.15) is 11.4 Å². The van der Waals surface area contributed by atoms with Crippen molar-refractivity contribution in [3.8, 4) is 0 Å². The van der Waals surface area contributed by atoms with Gasteiger partial charge in [-0.1, -0.05) is 18.2 Å². The lowest BCUT2D eigenvalue weighted by Gasteiger charge is -2.10. The number of fused-ring (bicyclic) bond motifs is 1. The quantitative estimate of drug-likeness (QED) is 0.778. The number of para-hydroxylation sites is 1. The number of aryl methyl sites for hydroxylation is 2. The van der Waals surface area contributed by atoms with Crippen LogP contribution in [0.3, 0.4) is 0 Å². The minimum atomic E-state index is 0.642. The average Bonchev–Trinajstić information content (AvgIpc) is 2.82. The summed E-state index contributed by atoms with van der Waals surface area (Å²) in [6, 6.07) is 8.18. The molecule has 0 saturated carbocycles. The largest absolute Gasteiger partial charge is 0.377 e. The highest BCUT2D eigenvalue weighted by Gasteiger charge is 2.05. The Bertz CT molecular complexity index is 717. The number of hydrogen-bond donors (Lipinski definition) is 1. The van der Waals surface area contributed by atoms with Gasteiger partial charge in [-0.25, -0.2) is 4.98 Å². The van der Waals surface area contributed by atoms with Gasteiger partial charge in [0.05, 0.1) is 12.1 Å². The van der Waals surface area contributed by atoms with Crippen LogP contribution >= 0.6 is 0 Å². The van der Waals surface area contributed by atoms with Crippen LogP contribution in [0.25, 0.3) is 10.9 Å². The van der Waals surface area contributed by atoms with Gasteiger partial charge in [0.15, 0.2) is 0 Å². The molecular weight excluding hydrogens is 238 g/mol. The van der Waals surface area contributed by atoms with Crippen molar-refractivity contribution in [3.05, 3.63) is 48.2 Å². The molecule has 3 aromatic rings. The Labute approximate surface area is 111 Å². The Morgan fingerprint density at radius 2 is 2.11 bits per heavy atom. The Kier molecular flexibility index (Phi) is 2.87. The molecule has 0 bridgehead atoms. The standard InChI is InChI=1S/C14H15N5/c1-10-4-3-5-11-12(6-7-15-14(10)11)16-8-13-17-9-18-19(13)2/h3-7,9H,8H2,1-2H3,(H,15,16). The van der Waals surface area contributed by atoms with Crippen LogP contribution in [-0.2, 0) is 13.6 Å². The van der Waals surface area contributed by atoms with Gasteiger partial charge in [-0.2, -0.15) is 5.10 Å². The molecule has 1 aromatic carbocycles. The van der Waals surface area contributed by atoms with E-state index in [1.54, 1.807) is 11.0 Å². The fourth-order valence-corrected chi connectivity index (χ4v) is 2.13. The molecule has 0 unspecified atom stereocenters. The van der Waals surface area contributed by atoms with Gasteiger partial charge in [-0.05, 0) is 18.6 Å². The number of hydrogen-bond acceptors (Lipinski definition) is 4. The third-order valence-corrected chi connectivity index (χ3v) is 3.21. The van der Waals surface area contributed by atoms with E-state index < -0.39 is 0 Å².